The number of hydrogen-bond donors (Lipinski definition) is 3. The lowest BCUT2D eigenvalue weighted by atomic mass is 10.0. The summed E-state index contributed by atoms with van der Waals surface area (Å²) in [6, 6.07) is 0.150. The lowest BCUT2D eigenvalue weighted by Gasteiger charge is -2.23. The smallest absolute Gasteiger partial charge is 0.308 e. The summed E-state index contributed by atoms with van der Waals surface area (Å²) in [6.07, 6.45) is -0.0943. The van der Waals surface area contributed by atoms with Gasteiger partial charge in [0.05, 0.1) is 19.1 Å². The Labute approximate surface area is 103 Å². The molecule has 0 aliphatic heterocycles. The quantitative estimate of drug-likeness (QED) is 0.511. The molecule has 2 atom stereocenters. The van der Waals surface area contributed by atoms with Gasteiger partial charge in [-0.25, -0.2) is 0 Å². The highest BCUT2D eigenvalue weighted by molar-refractivity contribution is 5.69. The van der Waals surface area contributed by atoms with E-state index >= 15 is 0 Å². The summed E-state index contributed by atoms with van der Waals surface area (Å²) in [5, 5.41) is 21.7. The molecule has 102 valence electrons. The summed E-state index contributed by atoms with van der Waals surface area (Å²) < 4.78 is 4.75. The van der Waals surface area contributed by atoms with Crippen molar-refractivity contribution in [1.29, 1.82) is 0 Å². The molecule has 0 bridgehead atoms. The van der Waals surface area contributed by atoms with E-state index in [2.05, 4.69) is 5.32 Å². The van der Waals surface area contributed by atoms with E-state index in [-0.39, 0.29) is 25.0 Å². The number of carbonyl (C=O) groups excluding carboxylic acids is 1. The first-order chi connectivity index (χ1) is 8.01. The zero-order valence-corrected chi connectivity index (χ0v) is 11.0. The van der Waals surface area contributed by atoms with Gasteiger partial charge in [0.25, 0.3) is 0 Å². The predicted octanol–water partition coefficient (Wildman–Crippen LogP) is 0.297. The molecule has 0 amide bonds. The molecule has 0 heterocycles. The zero-order chi connectivity index (χ0) is 13.3. The van der Waals surface area contributed by atoms with Gasteiger partial charge < -0.3 is 20.3 Å². The Hall–Kier alpha value is -0.650. The van der Waals surface area contributed by atoms with Crippen LogP contribution < -0.4 is 5.32 Å². The molecule has 0 saturated heterocycles. The van der Waals surface area contributed by atoms with Crippen LogP contribution in [0.15, 0.2) is 0 Å². The topological polar surface area (TPSA) is 78.8 Å². The summed E-state index contributed by atoms with van der Waals surface area (Å²) in [6.45, 7) is 6.61. The van der Waals surface area contributed by atoms with Crippen LogP contribution in [0.25, 0.3) is 0 Å². The molecule has 0 aliphatic carbocycles. The number of esters is 1. The number of rotatable bonds is 9. The SMILES string of the molecule is CCOC(=O)CC(O)CNC(CCO)C(C)C. The van der Waals surface area contributed by atoms with Gasteiger partial charge in [0.2, 0.25) is 0 Å². The molecule has 3 N–H and O–H groups in total. The monoisotopic (exact) mass is 247 g/mol. The third kappa shape index (κ3) is 8.12. The number of carbonyl (C=O) groups is 1. The maximum Gasteiger partial charge on any atom is 0.308 e. The number of aliphatic hydroxyl groups excluding tert-OH is 2. The minimum Gasteiger partial charge on any atom is -0.466 e. The number of aliphatic hydroxyl groups is 2. The molecule has 0 aromatic carbocycles. The van der Waals surface area contributed by atoms with Crippen molar-refractivity contribution < 1.29 is 19.7 Å². The lowest BCUT2D eigenvalue weighted by Crippen LogP contribution is -2.40. The molecule has 0 rings (SSSR count). The van der Waals surface area contributed by atoms with E-state index in [1.165, 1.54) is 0 Å². The summed E-state index contributed by atoms with van der Waals surface area (Å²) in [5.74, 6) is -0.0120. The maximum absolute atomic E-state index is 11.1. The normalized spacial score (nSPS) is 14.7. The summed E-state index contributed by atoms with van der Waals surface area (Å²) in [5.41, 5.74) is 0. The minimum absolute atomic E-state index is 0.00474. The fraction of sp³-hybridized carbons (Fsp3) is 0.917. The van der Waals surface area contributed by atoms with E-state index in [1.807, 2.05) is 13.8 Å². The van der Waals surface area contributed by atoms with Crippen molar-refractivity contribution in [3.05, 3.63) is 0 Å². The Morgan fingerprint density at radius 1 is 1.41 bits per heavy atom. The van der Waals surface area contributed by atoms with Crippen molar-refractivity contribution in [3.8, 4) is 0 Å². The largest absolute Gasteiger partial charge is 0.466 e. The molecule has 0 spiro atoms. The Bertz CT molecular complexity index is 209. The van der Waals surface area contributed by atoms with E-state index in [1.54, 1.807) is 6.92 Å². The Kier molecular flexibility index (Phi) is 9.03. The highest BCUT2D eigenvalue weighted by Crippen LogP contribution is 2.06. The van der Waals surface area contributed by atoms with Crippen molar-refractivity contribution in [1.82, 2.24) is 5.32 Å². The molecular formula is C12H25NO4. The van der Waals surface area contributed by atoms with E-state index in [0.29, 0.717) is 25.5 Å². The van der Waals surface area contributed by atoms with Gasteiger partial charge in [0, 0.05) is 19.2 Å². The summed E-state index contributed by atoms with van der Waals surface area (Å²) in [7, 11) is 0. The fourth-order valence-corrected chi connectivity index (χ4v) is 1.58. The van der Waals surface area contributed by atoms with Crippen LogP contribution in [0.3, 0.4) is 0 Å². The Morgan fingerprint density at radius 3 is 2.53 bits per heavy atom. The van der Waals surface area contributed by atoms with Gasteiger partial charge in [-0.2, -0.15) is 0 Å². The number of nitrogens with one attached hydrogen (secondary N) is 1. The third-order valence-electron chi connectivity index (χ3n) is 2.57. The summed E-state index contributed by atoms with van der Waals surface area (Å²) in [4.78, 5) is 11.1. The molecule has 0 aromatic heterocycles. The number of hydrogen-bond acceptors (Lipinski definition) is 5. The van der Waals surface area contributed by atoms with E-state index in [0.717, 1.165) is 0 Å². The molecule has 17 heavy (non-hydrogen) atoms. The van der Waals surface area contributed by atoms with Gasteiger partial charge in [-0.3, -0.25) is 4.79 Å². The van der Waals surface area contributed by atoms with Gasteiger partial charge in [-0.15, -0.1) is 0 Å². The average Bonchev–Trinajstić information content (AvgIpc) is 2.23. The Balaban J connectivity index is 3.87. The minimum atomic E-state index is -0.742. The van der Waals surface area contributed by atoms with E-state index in [9.17, 15) is 9.90 Å². The molecule has 0 aromatic rings. The van der Waals surface area contributed by atoms with Crippen LogP contribution in [0.1, 0.15) is 33.6 Å². The molecule has 0 fully saturated rings. The number of ether oxygens (including phenoxy) is 1. The standard InChI is InChI=1S/C12H25NO4/c1-4-17-12(16)7-10(15)8-13-11(5-6-14)9(2)3/h9-11,13-15H,4-8H2,1-3H3. The second-order valence-corrected chi connectivity index (χ2v) is 4.43. The van der Waals surface area contributed by atoms with Crippen LogP contribution in [0.5, 0.6) is 0 Å². The van der Waals surface area contributed by atoms with Crippen molar-refractivity contribution in [3.63, 3.8) is 0 Å². The lowest BCUT2D eigenvalue weighted by molar-refractivity contribution is -0.145. The van der Waals surface area contributed by atoms with Crippen molar-refractivity contribution in [2.75, 3.05) is 19.8 Å². The van der Waals surface area contributed by atoms with Crippen molar-refractivity contribution in [2.45, 2.75) is 45.8 Å². The molecular weight excluding hydrogens is 222 g/mol. The maximum atomic E-state index is 11.1. The highest BCUT2D eigenvalue weighted by Gasteiger charge is 2.16. The van der Waals surface area contributed by atoms with Gasteiger partial charge in [-0.1, -0.05) is 13.8 Å². The highest BCUT2D eigenvalue weighted by atomic mass is 16.5. The first-order valence-electron chi connectivity index (χ1n) is 6.19. The zero-order valence-electron chi connectivity index (χ0n) is 11.0. The van der Waals surface area contributed by atoms with Crippen LogP contribution in [0, 0.1) is 5.92 Å². The molecule has 2 unspecified atom stereocenters. The van der Waals surface area contributed by atoms with Gasteiger partial charge >= 0.3 is 5.97 Å². The molecule has 5 nitrogen and oxygen atoms in total. The molecule has 0 saturated carbocycles. The van der Waals surface area contributed by atoms with Crippen LogP contribution in [0.2, 0.25) is 0 Å². The van der Waals surface area contributed by atoms with Crippen LogP contribution in [0.4, 0.5) is 0 Å². The van der Waals surface area contributed by atoms with E-state index in [4.69, 9.17) is 9.84 Å². The first-order valence-corrected chi connectivity index (χ1v) is 6.19. The first kappa shape index (κ1) is 16.4. The van der Waals surface area contributed by atoms with Crippen LogP contribution in [-0.2, 0) is 9.53 Å². The van der Waals surface area contributed by atoms with Crippen LogP contribution in [-0.4, -0.2) is 48.1 Å². The average molecular weight is 247 g/mol. The molecule has 0 aliphatic rings. The molecule has 0 radical (unpaired) electrons. The van der Waals surface area contributed by atoms with Gasteiger partial charge in [0.1, 0.15) is 0 Å². The van der Waals surface area contributed by atoms with Gasteiger partial charge in [-0.05, 0) is 19.3 Å². The Morgan fingerprint density at radius 2 is 2.06 bits per heavy atom. The second-order valence-electron chi connectivity index (χ2n) is 4.43. The fourth-order valence-electron chi connectivity index (χ4n) is 1.58. The van der Waals surface area contributed by atoms with E-state index < -0.39 is 6.10 Å². The predicted molar refractivity (Wildman–Crippen MR) is 65.6 cm³/mol. The third-order valence-corrected chi connectivity index (χ3v) is 2.57. The summed E-state index contributed by atoms with van der Waals surface area (Å²) >= 11 is 0. The second kappa shape index (κ2) is 9.39. The molecule has 5 heteroatoms. The van der Waals surface area contributed by atoms with Crippen LogP contribution >= 0.6 is 0 Å². The van der Waals surface area contributed by atoms with Crippen molar-refractivity contribution >= 4 is 5.97 Å². The van der Waals surface area contributed by atoms with Gasteiger partial charge in [0.15, 0.2) is 0 Å². The van der Waals surface area contributed by atoms with Crippen molar-refractivity contribution in [2.24, 2.45) is 5.92 Å².